The van der Waals surface area contributed by atoms with Gasteiger partial charge in [-0.2, -0.15) is 0 Å². The van der Waals surface area contributed by atoms with Crippen LogP contribution in [0.4, 0.5) is 0 Å². The van der Waals surface area contributed by atoms with Gasteiger partial charge >= 0.3 is 0 Å². The topological polar surface area (TPSA) is 55.4 Å². The maximum atomic E-state index is 6.04. The molecule has 36 heavy (non-hydrogen) atoms. The molecule has 0 heterocycles. The number of hydrogen-bond donors (Lipinski definition) is 0. The van der Waals surface area contributed by atoms with E-state index in [1.54, 1.807) is 18.2 Å². The highest BCUT2D eigenvalue weighted by atomic mass is 16.7. The standard InChI is InChI=1S/C30H30O6/c1-22(31-25-13-7-4-8-14-25)34-28-19-29(35-23(2)32-26-15-9-5-10-16-26)21-30(20-28)36-24(3)33-27-17-11-6-12-18-27/h4-24H,1-3H3. The molecule has 0 aliphatic rings. The Hall–Kier alpha value is -4.32. The van der Waals surface area contributed by atoms with Crippen LogP contribution in [0.15, 0.2) is 109 Å². The fourth-order valence-electron chi connectivity index (χ4n) is 3.47. The van der Waals surface area contributed by atoms with Gasteiger partial charge in [-0.1, -0.05) is 54.6 Å². The van der Waals surface area contributed by atoms with E-state index in [1.165, 1.54) is 0 Å². The van der Waals surface area contributed by atoms with Gasteiger partial charge in [0, 0.05) is 39.0 Å². The Morgan fingerprint density at radius 1 is 0.333 bits per heavy atom. The first-order chi connectivity index (χ1) is 17.5. The van der Waals surface area contributed by atoms with E-state index in [0.29, 0.717) is 34.5 Å². The number of para-hydroxylation sites is 3. The van der Waals surface area contributed by atoms with E-state index in [1.807, 2.05) is 112 Å². The highest BCUT2D eigenvalue weighted by Gasteiger charge is 2.14. The number of ether oxygens (including phenoxy) is 6. The third-order valence-corrected chi connectivity index (χ3v) is 4.90. The molecule has 6 heteroatoms. The molecule has 0 spiro atoms. The lowest BCUT2D eigenvalue weighted by molar-refractivity contribution is 0.0113. The smallest absolute Gasteiger partial charge is 0.238 e. The van der Waals surface area contributed by atoms with Gasteiger partial charge in [0.2, 0.25) is 18.9 Å². The van der Waals surface area contributed by atoms with E-state index in [4.69, 9.17) is 28.4 Å². The van der Waals surface area contributed by atoms with Crippen molar-refractivity contribution in [3.8, 4) is 34.5 Å². The molecule has 0 fully saturated rings. The molecule has 0 aliphatic carbocycles. The molecule has 3 atom stereocenters. The van der Waals surface area contributed by atoms with Crippen LogP contribution in [0.3, 0.4) is 0 Å². The number of hydrogen-bond acceptors (Lipinski definition) is 6. The van der Waals surface area contributed by atoms with Crippen molar-refractivity contribution in [3.63, 3.8) is 0 Å². The molecule has 0 aliphatic heterocycles. The van der Waals surface area contributed by atoms with Crippen LogP contribution >= 0.6 is 0 Å². The van der Waals surface area contributed by atoms with Gasteiger partial charge in [-0.25, -0.2) is 0 Å². The van der Waals surface area contributed by atoms with Gasteiger partial charge in [0.25, 0.3) is 0 Å². The van der Waals surface area contributed by atoms with Crippen LogP contribution in [0.5, 0.6) is 34.5 Å². The van der Waals surface area contributed by atoms with Crippen LogP contribution in [0.25, 0.3) is 0 Å². The largest absolute Gasteiger partial charge is 0.455 e. The average molecular weight is 487 g/mol. The quantitative estimate of drug-likeness (QED) is 0.199. The summed E-state index contributed by atoms with van der Waals surface area (Å²) in [4.78, 5) is 0. The van der Waals surface area contributed by atoms with Gasteiger partial charge in [-0.3, -0.25) is 0 Å². The molecule has 4 rings (SSSR count). The first-order valence-corrected chi connectivity index (χ1v) is 11.8. The molecule has 4 aromatic rings. The molecule has 0 N–H and O–H groups in total. The molecule has 0 saturated carbocycles. The Balaban J connectivity index is 1.48. The molecule has 0 bridgehead atoms. The number of rotatable bonds is 12. The minimum atomic E-state index is -0.550. The second kappa shape index (κ2) is 12.4. The average Bonchev–Trinajstić information content (AvgIpc) is 2.85. The minimum Gasteiger partial charge on any atom is -0.455 e. The van der Waals surface area contributed by atoms with Crippen LogP contribution in [0.2, 0.25) is 0 Å². The van der Waals surface area contributed by atoms with Gasteiger partial charge < -0.3 is 28.4 Å². The van der Waals surface area contributed by atoms with Crippen LogP contribution in [-0.4, -0.2) is 18.9 Å². The summed E-state index contributed by atoms with van der Waals surface area (Å²) in [6, 6.07) is 33.8. The molecule has 0 aromatic heterocycles. The van der Waals surface area contributed by atoms with Crippen molar-refractivity contribution >= 4 is 0 Å². The Morgan fingerprint density at radius 2 is 0.556 bits per heavy atom. The van der Waals surface area contributed by atoms with Crippen LogP contribution in [0.1, 0.15) is 20.8 Å². The summed E-state index contributed by atoms with van der Waals surface area (Å²) in [6.45, 7) is 5.47. The van der Waals surface area contributed by atoms with Crippen molar-refractivity contribution in [2.75, 3.05) is 0 Å². The van der Waals surface area contributed by atoms with E-state index in [9.17, 15) is 0 Å². The first kappa shape index (κ1) is 24.8. The second-order valence-electron chi connectivity index (χ2n) is 7.99. The normalized spacial score (nSPS) is 13.1. The Bertz CT molecular complexity index is 1020. The van der Waals surface area contributed by atoms with E-state index < -0.39 is 18.9 Å². The maximum Gasteiger partial charge on any atom is 0.238 e. The van der Waals surface area contributed by atoms with E-state index >= 15 is 0 Å². The highest BCUT2D eigenvalue weighted by Crippen LogP contribution is 2.31. The Kier molecular flexibility index (Phi) is 8.54. The van der Waals surface area contributed by atoms with Crippen molar-refractivity contribution in [1.29, 1.82) is 0 Å². The molecule has 3 unspecified atom stereocenters. The van der Waals surface area contributed by atoms with Crippen LogP contribution in [-0.2, 0) is 0 Å². The molecular weight excluding hydrogens is 456 g/mol. The van der Waals surface area contributed by atoms with Crippen LogP contribution in [0, 0.1) is 0 Å². The summed E-state index contributed by atoms with van der Waals surface area (Å²) in [6.07, 6.45) is -1.65. The lowest BCUT2D eigenvalue weighted by Gasteiger charge is -2.21. The summed E-state index contributed by atoms with van der Waals surface area (Å²) < 4.78 is 35.7. The Morgan fingerprint density at radius 3 is 0.806 bits per heavy atom. The lowest BCUT2D eigenvalue weighted by Crippen LogP contribution is -2.22. The van der Waals surface area contributed by atoms with Gasteiger partial charge in [-0.15, -0.1) is 0 Å². The first-order valence-electron chi connectivity index (χ1n) is 11.8. The highest BCUT2D eigenvalue weighted by molar-refractivity contribution is 5.42. The van der Waals surface area contributed by atoms with Crippen molar-refractivity contribution in [2.45, 2.75) is 39.6 Å². The van der Waals surface area contributed by atoms with E-state index in [-0.39, 0.29) is 0 Å². The van der Waals surface area contributed by atoms with E-state index in [0.717, 1.165) is 0 Å². The molecule has 0 saturated heterocycles. The van der Waals surface area contributed by atoms with E-state index in [2.05, 4.69) is 0 Å². The summed E-state index contributed by atoms with van der Waals surface area (Å²) in [5, 5.41) is 0. The summed E-state index contributed by atoms with van der Waals surface area (Å²) in [7, 11) is 0. The van der Waals surface area contributed by atoms with Crippen LogP contribution < -0.4 is 28.4 Å². The molecule has 186 valence electrons. The zero-order chi connectivity index (χ0) is 25.2. The predicted octanol–water partition coefficient (Wildman–Crippen LogP) is 7.10. The lowest BCUT2D eigenvalue weighted by atomic mass is 10.3. The van der Waals surface area contributed by atoms with Gasteiger partial charge in [0.15, 0.2) is 0 Å². The summed E-state index contributed by atoms with van der Waals surface area (Å²) in [5.74, 6) is 3.69. The fourth-order valence-corrected chi connectivity index (χ4v) is 3.47. The second-order valence-corrected chi connectivity index (χ2v) is 7.99. The minimum absolute atomic E-state index is 0.518. The van der Waals surface area contributed by atoms with Gasteiger partial charge in [0.05, 0.1) is 0 Å². The van der Waals surface area contributed by atoms with Crippen molar-refractivity contribution in [1.82, 2.24) is 0 Å². The zero-order valence-electron chi connectivity index (χ0n) is 20.6. The van der Waals surface area contributed by atoms with Crippen molar-refractivity contribution < 1.29 is 28.4 Å². The molecule has 0 radical (unpaired) electrons. The number of benzene rings is 4. The maximum absolute atomic E-state index is 6.04. The SMILES string of the molecule is CC(Oc1ccccc1)Oc1cc(OC(C)Oc2ccccc2)cc(OC(C)Oc2ccccc2)c1. The fraction of sp³-hybridized carbons (Fsp3) is 0.200. The molecular formula is C30H30O6. The summed E-state index contributed by atoms with van der Waals surface area (Å²) in [5.41, 5.74) is 0. The predicted molar refractivity (Wildman–Crippen MR) is 138 cm³/mol. The van der Waals surface area contributed by atoms with Gasteiger partial charge in [0.1, 0.15) is 34.5 Å². The summed E-state index contributed by atoms with van der Waals surface area (Å²) >= 11 is 0. The van der Waals surface area contributed by atoms with Gasteiger partial charge in [-0.05, 0) is 36.4 Å². The third kappa shape index (κ3) is 7.87. The molecule has 0 amide bonds. The zero-order valence-corrected chi connectivity index (χ0v) is 20.6. The third-order valence-electron chi connectivity index (χ3n) is 4.90. The van der Waals surface area contributed by atoms with Crippen molar-refractivity contribution in [3.05, 3.63) is 109 Å². The Labute approximate surface area is 211 Å². The molecule has 6 nitrogen and oxygen atoms in total. The van der Waals surface area contributed by atoms with Crippen molar-refractivity contribution in [2.24, 2.45) is 0 Å². The molecule has 4 aromatic carbocycles. The monoisotopic (exact) mass is 486 g/mol.